The Kier molecular flexibility index (Phi) is 4.57. The van der Waals surface area contributed by atoms with Crippen LogP contribution in [0.3, 0.4) is 0 Å². The van der Waals surface area contributed by atoms with Gasteiger partial charge in [-0.2, -0.15) is 5.10 Å². The van der Waals surface area contributed by atoms with E-state index in [1.807, 2.05) is 13.0 Å². The fourth-order valence-electron chi connectivity index (χ4n) is 3.29. The van der Waals surface area contributed by atoms with E-state index in [1.165, 1.54) is 4.68 Å². The lowest BCUT2D eigenvalue weighted by molar-refractivity contribution is 0.242. The van der Waals surface area contributed by atoms with Gasteiger partial charge in [-0.3, -0.25) is 14.7 Å². The molecule has 4 heterocycles. The molecule has 0 unspecified atom stereocenters. The van der Waals surface area contributed by atoms with Gasteiger partial charge in [0, 0.05) is 56.6 Å². The van der Waals surface area contributed by atoms with Crippen molar-refractivity contribution < 1.29 is 0 Å². The number of pyridine rings is 1. The number of piperazine rings is 1. The Balaban J connectivity index is 1.43. The number of aromatic nitrogens is 5. The molecule has 1 aliphatic rings. The van der Waals surface area contributed by atoms with Crippen LogP contribution < -0.4 is 10.5 Å². The lowest BCUT2D eigenvalue weighted by Crippen LogP contribution is -2.48. The van der Waals surface area contributed by atoms with Crippen molar-refractivity contribution in [1.29, 1.82) is 0 Å². The molecule has 1 fully saturated rings. The predicted octanol–water partition coefficient (Wildman–Crippen LogP) is 0.712. The second kappa shape index (κ2) is 7.17. The average molecular weight is 351 g/mol. The zero-order valence-electron chi connectivity index (χ0n) is 14.7. The van der Waals surface area contributed by atoms with Gasteiger partial charge in [0.1, 0.15) is 11.6 Å². The van der Waals surface area contributed by atoms with Gasteiger partial charge >= 0.3 is 0 Å². The van der Waals surface area contributed by atoms with Crippen molar-refractivity contribution in [3.63, 3.8) is 0 Å². The van der Waals surface area contributed by atoms with E-state index in [-0.39, 0.29) is 5.56 Å². The Morgan fingerprint density at radius 1 is 1.04 bits per heavy atom. The Labute approximate surface area is 151 Å². The fourth-order valence-corrected chi connectivity index (χ4v) is 3.29. The van der Waals surface area contributed by atoms with Crippen molar-refractivity contribution in [2.75, 3.05) is 37.6 Å². The number of hydrogen-bond acceptors (Lipinski definition) is 7. The third-order valence-corrected chi connectivity index (χ3v) is 4.68. The molecule has 134 valence electrons. The van der Waals surface area contributed by atoms with Crippen LogP contribution in [0.5, 0.6) is 0 Å². The number of rotatable bonds is 4. The first-order valence-corrected chi connectivity index (χ1v) is 8.78. The molecule has 0 spiro atoms. The van der Waals surface area contributed by atoms with Crippen LogP contribution in [-0.4, -0.2) is 62.4 Å². The highest BCUT2D eigenvalue weighted by atomic mass is 16.1. The van der Waals surface area contributed by atoms with Gasteiger partial charge < -0.3 is 4.90 Å². The summed E-state index contributed by atoms with van der Waals surface area (Å²) in [6.45, 7) is 6.99. The van der Waals surface area contributed by atoms with E-state index in [1.54, 1.807) is 30.7 Å². The van der Waals surface area contributed by atoms with Crippen LogP contribution in [0.25, 0.3) is 10.9 Å². The van der Waals surface area contributed by atoms with E-state index in [0.717, 1.165) is 55.3 Å². The molecular formula is C18H21N7O. The molecule has 3 aromatic rings. The van der Waals surface area contributed by atoms with Crippen molar-refractivity contribution in [2.24, 2.45) is 0 Å². The molecular weight excluding hydrogens is 330 g/mol. The van der Waals surface area contributed by atoms with Crippen LogP contribution in [0.4, 0.5) is 5.82 Å². The first kappa shape index (κ1) is 16.6. The Morgan fingerprint density at radius 2 is 1.88 bits per heavy atom. The zero-order chi connectivity index (χ0) is 17.9. The second-order valence-corrected chi connectivity index (χ2v) is 6.40. The summed E-state index contributed by atoms with van der Waals surface area (Å²) in [5.74, 6) is 1.74. The van der Waals surface area contributed by atoms with E-state index < -0.39 is 0 Å². The maximum Gasteiger partial charge on any atom is 0.266 e. The fraction of sp³-hybridized carbons (Fsp3) is 0.389. The minimum absolute atomic E-state index is 0.0531. The molecule has 0 saturated carbocycles. The monoisotopic (exact) mass is 351 g/mol. The van der Waals surface area contributed by atoms with Gasteiger partial charge in [0.15, 0.2) is 0 Å². The van der Waals surface area contributed by atoms with Gasteiger partial charge in [0.05, 0.1) is 18.3 Å². The number of hydrogen-bond donors (Lipinski definition) is 0. The smallest absolute Gasteiger partial charge is 0.266 e. The summed E-state index contributed by atoms with van der Waals surface area (Å²) in [5.41, 5.74) is 0.828. The largest absolute Gasteiger partial charge is 0.353 e. The van der Waals surface area contributed by atoms with Crippen molar-refractivity contribution in [3.8, 4) is 0 Å². The summed E-state index contributed by atoms with van der Waals surface area (Å²) in [6.07, 6.45) is 5.22. The maximum atomic E-state index is 11.7. The molecule has 0 aliphatic carbocycles. The van der Waals surface area contributed by atoms with E-state index in [4.69, 9.17) is 0 Å². The molecule has 0 bridgehead atoms. The molecule has 0 radical (unpaired) electrons. The lowest BCUT2D eigenvalue weighted by Gasteiger charge is -2.35. The van der Waals surface area contributed by atoms with Crippen LogP contribution in [0.15, 0.2) is 41.6 Å². The third kappa shape index (κ3) is 3.41. The van der Waals surface area contributed by atoms with E-state index in [9.17, 15) is 4.79 Å². The highest BCUT2D eigenvalue weighted by Crippen LogP contribution is 2.24. The minimum Gasteiger partial charge on any atom is -0.353 e. The first-order chi connectivity index (χ1) is 12.7. The molecule has 0 atom stereocenters. The molecule has 8 nitrogen and oxygen atoms in total. The molecule has 1 aliphatic heterocycles. The van der Waals surface area contributed by atoms with Gasteiger partial charge in [-0.1, -0.05) is 0 Å². The van der Waals surface area contributed by atoms with Crippen LogP contribution in [-0.2, 0) is 6.54 Å². The van der Waals surface area contributed by atoms with Crippen molar-refractivity contribution in [3.05, 3.63) is 53.0 Å². The molecule has 0 amide bonds. The topological polar surface area (TPSA) is 80.0 Å². The number of nitrogens with zero attached hydrogens (tertiary/aromatic N) is 7. The quantitative estimate of drug-likeness (QED) is 0.685. The summed E-state index contributed by atoms with van der Waals surface area (Å²) >= 11 is 0. The Bertz CT molecular complexity index is 963. The second-order valence-electron chi connectivity index (χ2n) is 6.40. The van der Waals surface area contributed by atoms with Gasteiger partial charge in [0.25, 0.3) is 5.56 Å². The van der Waals surface area contributed by atoms with Crippen LogP contribution in [0.1, 0.15) is 5.82 Å². The van der Waals surface area contributed by atoms with Crippen molar-refractivity contribution in [1.82, 2.24) is 29.6 Å². The molecule has 4 rings (SSSR count). The summed E-state index contributed by atoms with van der Waals surface area (Å²) in [7, 11) is 0. The highest BCUT2D eigenvalue weighted by Gasteiger charge is 2.20. The molecule has 8 heteroatoms. The van der Waals surface area contributed by atoms with Gasteiger partial charge in [-0.15, -0.1) is 0 Å². The SMILES string of the molecule is Cc1nc(N2CCN(CCn3ncccc3=O)CC2)c2ccncc2n1. The zero-order valence-corrected chi connectivity index (χ0v) is 14.7. The molecule has 0 N–H and O–H groups in total. The summed E-state index contributed by atoms with van der Waals surface area (Å²) in [4.78, 5) is 29.7. The normalized spacial score (nSPS) is 15.5. The average Bonchev–Trinajstić information content (AvgIpc) is 2.67. The highest BCUT2D eigenvalue weighted by molar-refractivity contribution is 5.88. The Hall–Kier alpha value is -2.87. The lowest BCUT2D eigenvalue weighted by atomic mass is 10.2. The van der Waals surface area contributed by atoms with Crippen LogP contribution >= 0.6 is 0 Å². The summed E-state index contributed by atoms with van der Waals surface area (Å²) < 4.78 is 1.51. The number of aryl methyl sites for hydroxylation is 1. The summed E-state index contributed by atoms with van der Waals surface area (Å²) in [5, 5.41) is 5.15. The molecule has 1 saturated heterocycles. The first-order valence-electron chi connectivity index (χ1n) is 8.78. The Morgan fingerprint density at radius 3 is 2.69 bits per heavy atom. The van der Waals surface area contributed by atoms with Crippen molar-refractivity contribution >= 4 is 16.7 Å². The molecule has 0 aromatic carbocycles. The van der Waals surface area contributed by atoms with E-state index in [2.05, 4.69) is 29.9 Å². The van der Waals surface area contributed by atoms with E-state index >= 15 is 0 Å². The van der Waals surface area contributed by atoms with Crippen LogP contribution in [0.2, 0.25) is 0 Å². The van der Waals surface area contributed by atoms with E-state index in [0.29, 0.717) is 6.54 Å². The van der Waals surface area contributed by atoms with Crippen LogP contribution in [0, 0.1) is 6.92 Å². The predicted molar refractivity (Wildman–Crippen MR) is 99.2 cm³/mol. The maximum absolute atomic E-state index is 11.7. The molecule has 3 aromatic heterocycles. The summed E-state index contributed by atoms with van der Waals surface area (Å²) in [6, 6.07) is 5.19. The third-order valence-electron chi connectivity index (χ3n) is 4.68. The molecule has 26 heavy (non-hydrogen) atoms. The number of fused-ring (bicyclic) bond motifs is 1. The number of anilines is 1. The van der Waals surface area contributed by atoms with Gasteiger partial charge in [-0.05, 0) is 19.1 Å². The standard InChI is InChI=1S/C18H21N7O/c1-14-21-16-13-19-6-4-15(16)18(22-14)24-10-7-23(8-11-24)9-12-25-17(26)3-2-5-20-25/h2-6,13H,7-12H2,1H3. The minimum atomic E-state index is -0.0531. The van der Waals surface area contributed by atoms with Crippen molar-refractivity contribution in [2.45, 2.75) is 13.5 Å². The van der Waals surface area contributed by atoms with Gasteiger partial charge in [0.2, 0.25) is 0 Å². The van der Waals surface area contributed by atoms with Gasteiger partial charge in [-0.25, -0.2) is 14.6 Å².